The molecule has 0 aromatic heterocycles. The van der Waals surface area contributed by atoms with E-state index < -0.39 is 28.9 Å². The number of rotatable bonds is 2. The van der Waals surface area contributed by atoms with Gasteiger partial charge in [-0.3, -0.25) is 9.59 Å². The fourth-order valence-electron chi connectivity index (χ4n) is 1.74. The van der Waals surface area contributed by atoms with Gasteiger partial charge in [-0.05, 0) is 6.92 Å². The average molecular weight is 186 g/mol. The molecule has 1 aliphatic carbocycles. The van der Waals surface area contributed by atoms with Gasteiger partial charge in [0.15, 0.2) is 0 Å². The molecule has 0 spiro atoms. The number of carboxylic acid groups (broad SMARTS) is 1. The van der Waals surface area contributed by atoms with Gasteiger partial charge in [-0.1, -0.05) is 13.8 Å². The summed E-state index contributed by atoms with van der Waals surface area (Å²) in [5, 5.41) is 8.94. The SMILES string of the molecule is CC(=O)OC1C(C)(C)C1(C)C(=O)O. The van der Waals surface area contributed by atoms with Crippen LogP contribution in [0, 0.1) is 10.8 Å². The third-order valence-electron chi connectivity index (χ3n) is 3.16. The Kier molecular flexibility index (Phi) is 1.90. The molecule has 1 N–H and O–H groups in total. The van der Waals surface area contributed by atoms with Crippen LogP contribution in [0.2, 0.25) is 0 Å². The van der Waals surface area contributed by atoms with Crippen molar-refractivity contribution in [3.05, 3.63) is 0 Å². The molecule has 0 heterocycles. The molecule has 4 nitrogen and oxygen atoms in total. The van der Waals surface area contributed by atoms with Crippen LogP contribution >= 0.6 is 0 Å². The van der Waals surface area contributed by atoms with Gasteiger partial charge in [-0.2, -0.15) is 0 Å². The Bertz CT molecular complexity index is 269. The maximum atomic E-state index is 10.9. The van der Waals surface area contributed by atoms with Gasteiger partial charge < -0.3 is 9.84 Å². The number of ether oxygens (including phenoxy) is 1. The third-order valence-corrected chi connectivity index (χ3v) is 3.16. The second kappa shape index (κ2) is 2.47. The van der Waals surface area contributed by atoms with E-state index in [0.717, 1.165) is 0 Å². The Morgan fingerprint density at radius 1 is 1.31 bits per heavy atom. The van der Waals surface area contributed by atoms with Crippen LogP contribution in [0.15, 0.2) is 0 Å². The first kappa shape index (κ1) is 10.0. The van der Waals surface area contributed by atoms with Crippen LogP contribution in [-0.4, -0.2) is 23.1 Å². The molecular weight excluding hydrogens is 172 g/mol. The highest BCUT2D eigenvalue weighted by Crippen LogP contribution is 2.64. The van der Waals surface area contributed by atoms with E-state index in [1.807, 2.05) is 0 Å². The van der Waals surface area contributed by atoms with Gasteiger partial charge in [-0.15, -0.1) is 0 Å². The molecule has 4 heteroatoms. The molecule has 0 aromatic rings. The molecule has 0 aliphatic heterocycles. The van der Waals surface area contributed by atoms with Gasteiger partial charge in [0, 0.05) is 12.3 Å². The zero-order valence-electron chi connectivity index (χ0n) is 8.25. The molecule has 2 unspecified atom stereocenters. The summed E-state index contributed by atoms with van der Waals surface area (Å²) in [5.74, 6) is -1.34. The summed E-state index contributed by atoms with van der Waals surface area (Å²) in [4.78, 5) is 21.6. The first-order valence-electron chi connectivity index (χ1n) is 4.15. The van der Waals surface area contributed by atoms with Crippen molar-refractivity contribution in [1.29, 1.82) is 0 Å². The van der Waals surface area contributed by atoms with Crippen molar-refractivity contribution in [3.8, 4) is 0 Å². The highest BCUT2D eigenvalue weighted by molar-refractivity contribution is 5.82. The molecule has 13 heavy (non-hydrogen) atoms. The number of aliphatic carboxylic acids is 1. The first-order chi connectivity index (χ1) is 5.74. The van der Waals surface area contributed by atoms with Gasteiger partial charge in [0.1, 0.15) is 11.5 Å². The summed E-state index contributed by atoms with van der Waals surface area (Å²) in [6.07, 6.45) is -0.505. The summed E-state index contributed by atoms with van der Waals surface area (Å²) in [6.45, 7) is 6.46. The van der Waals surface area contributed by atoms with Crippen molar-refractivity contribution in [3.63, 3.8) is 0 Å². The third kappa shape index (κ3) is 1.12. The smallest absolute Gasteiger partial charge is 0.313 e. The van der Waals surface area contributed by atoms with Gasteiger partial charge in [-0.25, -0.2) is 0 Å². The van der Waals surface area contributed by atoms with Crippen LogP contribution in [-0.2, 0) is 14.3 Å². The van der Waals surface area contributed by atoms with E-state index in [2.05, 4.69) is 0 Å². The van der Waals surface area contributed by atoms with Crippen LogP contribution in [0.25, 0.3) is 0 Å². The Morgan fingerprint density at radius 2 is 1.77 bits per heavy atom. The normalized spacial score (nSPS) is 35.2. The summed E-state index contributed by atoms with van der Waals surface area (Å²) in [6, 6.07) is 0. The van der Waals surface area contributed by atoms with Crippen LogP contribution in [0.4, 0.5) is 0 Å². The minimum absolute atomic E-state index is 0.428. The summed E-state index contributed by atoms with van der Waals surface area (Å²) in [7, 11) is 0. The molecule has 0 aromatic carbocycles. The minimum atomic E-state index is -0.932. The quantitative estimate of drug-likeness (QED) is 0.654. The summed E-state index contributed by atoms with van der Waals surface area (Å²) in [5.41, 5.74) is -1.40. The highest BCUT2D eigenvalue weighted by Gasteiger charge is 2.75. The van der Waals surface area contributed by atoms with Crippen molar-refractivity contribution in [2.75, 3.05) is 0 Å². The van der Waals surface area contributed by atoms with Crippen molar-refractivity contribution in [1.82, 2.24) is 0 Å². The monoisotopic (exact) mass is 186 g/mol. The van der Waals surface area contributed by atoms with E-state index in [1.54, 1.807) is 20.8 Å². The van der Waals surface area contributed by atoms with E-state index in [1.165, 1.54) is 6.92 Å². The fourth-order valence-corrected chi connectivity index (χ4v) is 1.74. The van der Waals surface area contributed by atoms with E-state index in [4.69, 9.17) is 9.84 Å². The predicted molar refractivity (Wildman–Crippen MR) is 45.1 cm³/mol. The molecular formula is C9H14O4. The predicted octanol–water partition coefficient (Wildman–Crippen LogP) is 1.05. The maximum absolute atomic E-state index is 10.9. The second-order valence-corrected chi connectivity index (χ2v) is 4.22. The zero-order chi connectivity index (χ0) is 10.4. The summed E-state index contributed by atoms with van der Waals surface area (Å²) < 4.78 is 4.93. The molecule has 0 saturated heterocycles. The van der Waals surface area contributed by atoms with Gasteiger partial charge in [0.2, 0.25) is 0 Å². The lowest BCUT2D eigenvalue weighted by Gasteiger charge is -2.04. The van der Waals surface area contributed by atoms with E-state index in [0.29, 0.717) is 0 Å². The molecule has 0 radical (unpaired) electrons. The number of carboxylic acids is 1. The maximum Gasteiger partial charge on any atom is 0.313 e. The zero-order valence-corrected chi connectivity index (χ0v) is 8.25. The fraction of sp³-hybridized carbons (Fsp3) is 0.778. The largest absolute Gasteiger partial charge is 0.481 e. The lowest BCUT2D eigenvalue weighted by molar-refractivity contribution is -0.149. The topological polar surface area (TPSA) is 63.6 Å². The number of esters is 1. The highest BCUT2D eigenvalue weighted by atomic mass is 16.6. The lowest BCUT2D eigenvalue weighted by Crippen LogP contribution is -2.19. The number of carbonyl (C=O) groups is 2. The van der Waals surface area contributed by atoms with Crippen LogP contribution in [0.5, 0.6) is 0 Å². The molecule has 1 aliphatic rings. The average Bonchev–Trinajstić information content (AvgIpc) is 2.35. The van der Waals surface area contributed by atoms with Crippen molar-refractivity contribution < 1.29 is 19.4 Å². The van der Waals surface area contributed by atoms with Gasteiger partial charge in [0.25, 0.3) is 0 Å². The van der Waals surface area contributed by atoms with Gasteiger partial charge >= 0.3 is 11.9 Å². The molecule has 1 rings (SSSR count). The standard InChI is InChI=1S/C9H14O4/c1-5(10)13-6-8(2,3)9(6,4)7(11)12/h6H,1-4H3,(H,11,12). The Morgan fingerprint density at radius 3 is 2.00 bits per heavy atom. The van der Waals surface area contributed by atoms with Crippen LogP contribution in [0.1, 0.15) is 27.7 Å². The Labute approximate surface area is 76.9 Å². The number of carbonyl (C=O) groups excluding carboxylic acids is 1. The van der Waals surface area contributed by atoms with Crippen LogP contribution in [0.3, 0.4) is 0 Å². The Balaban J connectivity index is 2.82. The molecule has 1 saturated carbocycles. The molecule has 1 fully saturated rings. The molecule has 0 amide bonds. The summed E-state index contributed by atoms with van der Waals surface area (Å²) >= 11 is 0. The van der Waals surface area contributed by atoms with Crippen molar-refractivity contribution in [2.45, 2.75) is 33.8 Å². The Hall–Kier alpha value is -1.06. The molecule has 2 atom stereocenters. The van der Waals surface area contributed by atoms with Crippen molar-refractivity contribution >= 4 is 11.9 Å². The van der Waals surface area contributed by atoms with Crippen LogP contribution < -0.4 is 0 Å². The van der Waals surface area contributed by atoms with E-state index in [-0.39, 0.29) is 0 Å². The number of hydrogen-bond donors (Lipinski definition) is 1. The molecule has 0 bridgehead atoms. The second-order valence-electron chi connectivity index (χ2n) is 4.22. The minimum Gasteiger partial charge on any atom is -0.481 e. The van der Waals surface area contributed by atoms with E-state index in [9.17, 15) is 9.59 Å². The molecule has 74 valence electrons. The number of hydrogen-bond acceptors (Lipinski definition) is 3. The lowest BCUT2D eigenvalue weighted by atomic mass is 9.99. The van der Waals surface area contributed by atoms with Gasteiger partial charge in [0.05, 0.1) is 0 Å². The first-order valence-corrected chi connectivity index (χ1v) is 4.15. The van der Waals surface area contributed by atoms with E-state index >= 15 is 0 Å². The van der Waals surface area contributed by atoms with Crippen molar-refractivity contribution in [2.24, 2.45) is 10.8 Å².